The number of hydrogen-bond acceptors (Lipinski definition) is 7. The highest BCUT2D eigenvalue weighted by atomic mass is 32.1. The van der Waals surface area contributed by atoms with E-state index in [1.807, 2.05) is 74.5 Å². The number of rotatable bonds is 4. The minimum Gasteiger partial charge on any atom is -0.508 e. The largest absolute Gasteiger partial charge is 0.508 e. The lowest BCUT2D eigenvalue weighted by atomic mass is 9.98. The number of aryl methyl sites for hydroxylation is 2. The van der Waals surface area contributed by atoms with Crippen LogP contribution in [0, 0.1) is 13.8 Å². The smallest absolute Gasteiger partial charge is 0.346 e. The molecule has 0 fully saturated rings. The first-order chi connectivity index (χ1) is 17.5. The van der Waals surface area contributed by atoms with Gasteiger partial charge in [0.2, 0.25) is 0 Å². The summed E-state index contributed by atoms with van der Waals surface area (Å²) < 4.78 is 5.74. The van der Waals surface area contributed by atoms with Crippen molar-refractivity contribution in [3.8, 4) is 49.4 Å². The first-order valence-corrected chi connectivity index (χ1v) is 13.0. The van der Waals surface area contributed by atoms with E-state index in [0.717, 1.165) is 30.9 Å². The molecule has 0 aliphatic heterocycles. The van der Waals surface area contributed by atoms with E-state index < -0.39 is 5.63 Å². The average molecular weight is 509 g/mol. The van der Waals surface area contributed by atoms with Crippen LogP contribution in [0.5, 0.6) is 5.75 Å². The topological polar surface area (TPSA) is 76.2 Å². The SMILES string of the molecule is Cc1sc(-c2ccccc2)nc1-c1c(-c2nc(-c3ccccc3)sc2C)c2cc(O)ccc2oc1=O. The Hall–Kier alpha value is -4.07. The number of aromatic nitrogens is 2. The van der Waals surface area contributed by atoms with E-state index in [4.69, 9.17) is 14.4 Å². The van der Waals surface area contributed by atoms with Crippen molar-refractivity contribution in [2.24, 2.45) is 0 Å². The van der Waals surface area contributed by atoms with Crippen LogP contribution in [0.3, 0.4) is 0 Å². The van der Waals surface area contributed by atoms with Gasteiger partial charge in [0.1, 0.15) is 21.3 Å². The summed E-state index contributed by atoms with van der Waals surface area (Å²) in [5.41, 5.74) is 4.14. The molecule has 6 aromatic rings. The molecule has 3 heterocycles. The number of thiazole rings is 2. The second kappa shape index (κ2) is 8.86. The van der Waals surface area contributed by atoms with Crippen LogP contribution in [-0.2, 0) is 0 Å². The molecule has 0 spiro atoms. The van der Waals surface area contributed by atoms with Crippen LogP contribution in [-0.4, -0.2) is 15.1 Å². The van der Waals surface area contributed by atoms with Crippen molar-refractivity contribution in [3.05, 3.63) is 99.0 Å². The maximum absolute atomic E-state index is 13.5. The molecule has 3 aromatic heterocycles. The van der Waals surface area contributed by atoms with Gasteiger partial charge in [-0.2, -0.15) is 0 Å². The Balaban J connectivity index is 1.66. The van der Waals surface area contributed by atoms with Gasteiger partial charge in [-0.15, -0.1) is 22.7 Å². The molecule has 0 unspecified atom stereocenters. The fourth-order valence-electron chi connectivity index (χ4n) is 4.32. The van der Waals surface area contributed by atoms with Crippen molar-refractivity contribution < 1.29 is 9.52 Å². The molecule has 6 rings (SSSR count). The third-order valence-corrected chi connectivity index (χ3v) is 8.04. The number of hydrogen-bond donors (Lipinski definition) is 1. The van der Waals surface area contributed by atoms with Crippen molar-refractivity contribution in [1.29, 1.82) is 0 Å². The maximum atomic E-state index is 13.5. The fraction of sp³-hybridized carbons (Fsp3) is 0.0690. The molecule has 3 aromatic carbocycles. The van der Waals surface area contributed by atoms with Crippen LogP contribution in [0.4, 0.5) is 0 Å². The number of phenols is 1. The number of nitrogens with zero attached hydrogens (tertiary/aromatic N) is 2. The number of aromatic hydroxyl groups is 1. The molecule has 0 amide bonds. The van der Waals surface area contributed by atoms with Gasteiger partial charge >= 0.3 is 5.63 Å². The third-order valence-electron chi connectivity index (χ3n) is 6.00. The molecule has 0 atom stereocenters. The van der Waals surface area contributed by atoms with Gasteiger partial charge in [0.05, 0.1) is 17.0 Å². The quantitative estimate of drug-likeness (QED) is 0.247. The van der Waals surface area contributed by atoms with Crippen molar-refractivity contribution in [2.75, 3.05) is 0 Å². The molecular formula is C29H20N2O3S2. The Kier molecular flexibility index (Phi) is 5.51. The van der Waals surface area contributed by atoms with Gasteiger partial charge in [0, 0.05) is 31.8 Å². The average Bonchev–Trinajstić information content (AvgIpc) is 3.47. The van der Waals surface area contributed by atoms with Gasteiger partial charge in [-0.05, 0) is 32.0 Å². The lowest BCUT2D eigenvalue weighted by Crippen LogP contribution is -2.07. The zero-order valence-corrected chi connectivity index (χ0v) is 21.1. The Morgan fingerprint density at radius 1 is 0.722 bits per heavy atom. The van der Waals surface area contributed by atoms with E-state index >= 15 is 0 Å². The Bertz CT molecular complexity index is 1780. The number of phenolic OH excluding ortho intramolecular Hbond substituents is 1. The molecule has 0 aliphatic carbocycles. The van der Waals surface area contributed by atoms with Crippen molar-refractivity contribution in [1.82, 2.24) is 9.97 Å². The van der Waals surface area contributed by atoms with Crippen molar-refractivity contribution in [2.45, 2.75) is 13.8 Å². The predicted octanol–water partition coefficient (Wildman–Crippen LogP) is 7.70. The summed E-state index contributed by atoms with van der Waals surface area (Å²) in [6.07, 6.45) is 0. The van der Waals surface area contributed by atoms with Gasteiger partial charge in [0.15, 0.2) is 0 Å². The van der Waals surface area contributed by atoms with Crippen molar-refractivity contribution in [3.63, 3.8) is 0 Å². The van der Waals surface area contributed by atoms with Gasteiger partial charge in [-0.1, -0.05) is 60.7 Å². The Morgan fingerprint density at radius 3 is 1.81 bits per heavy atom. The van der Waals surface area contributed by atoms with E-state index in [1.165, 1.54) is 17.4 Å². The first-order valence-electron chi connectivity index (χ1n) is 11.4. The van der Waals surface area contributed by atoms with Crippen LogP contribution >= 0.6 is 22.7 Å². The summed E-state index contributed by atoms with van der Waals surface area (Å²) in [6.45, 7) is 3.95. The minimum absolute atomic E-state index is 0.0830. The van der Waals surface area contributed by atoms with E-state index in [2.05, 4.69) is 0 Å². The molecule has 1 N–H and O–H groups in total. The standard InChI is InChI=1S/C29H20N2O3S2/c1-16-25(30-27(35-16)18-9-5-3-6-10-18)23-21-15-20(32)13-14-22(21)34-29(33)24(23)26-17(2)36-28(31-26)19-11-7-4-8-12-19/h3-15,32H,1-2H3. The number of benzene rings is 3. The highest BCUT2D eigenvalue weighted by molar-refractivity contribution is 7.15. The third kappa shape index (κ3) is 3.82. The molecule has 0 radical (unpaired) electrons. The van der Waals surface area contributed by atoms with Crippen LogP contribution in [0.15, 0.2) is 88.1 Å². The molecule has 5 nitrogen and oxygen atoms in total. The van der Waals surface area contributed by atoms with Crippen LogP contribution in [0.1, 0.15) is 9.75 Å². The molecule has 0 saturated carbocycles. The first kappa shape index (κ1) is 22.4. The summed E-state index contributed by atoms with van der Waals surface area (Å²) in [6, 6.07) is 24.6. The molecule has 0 saturated heterocycles. The van der Waals surface area contributed by atoms with Crippen LogP contribution < -0.4 is 5.63 Å². The van der Waals surface area contributed by atoms with Gasteiger partial charge in [0.25, 0.3) is 0 Å². The molecule has 7 heteroatoms. The molecular weight excluding hydrogens is 488 g/mol. The zero-order chi connectivity index (χ0) is 24.8. The van der Waals surface area contributed by atoms with Gasteiger partial charge in [-0.25, -0.2) is 14.8 Å². The molecule has 0 bridgehead atoms. The van der Waals surface area contributed by atoms with E-state index in [0.29, 0.717) is 33.5 Å². The molecule has 0 aliphatic rings. The fourth-order valence-corrected chi connectivity index (χ4v) is 6.17. The predicted molar refractivity (Wildman–Crippen MR) is 147 cm³/mol. The summed E-state index contributed by atoms with van der Waals surface area (Å²) in [7, 11) is 0. The lowest BCUT2D eigenvalue weighted by molar-refractivity contribution is 0.475. The Labute approximate surface area is 215 Å². The summed E-state index contributed by atoms with van der Waals surface area (Å²) in [4.78, 5) is 25.2. The van der Waals surface area contributed by atoms with Gasteiger partial charge in [-0.3, -0.25) is 0 Å². The summed E-state index contributed by atoms with van der Waals surface area (Å²) in [5.74, 6) is 0.0830. The Morgan fingerprint density at radius 2 is 1.25 bits per heavy atom. The second-order valence-electron chi connectivity index (χ2n) is 8.40. The zero-order valence-electron chi connectivity index (χ0n) is 19.5. The minimum atomic E-state index is -0.482. The summed E-state index contributed by atoms with van der Waals surface area (Å²) >= 11 is 3.10. The molecule has 36 heavy (non-hydrogen) atoms. The molecule has 176 valence electrons. The highest BCUT2D eigenvalue weighted by Gasteiger charge is 2.26. The van der Waals surface area contributed by atoms with E-state index in [1.54, 1.807) is 23.5 Å². The second-order valence-corrected chi connectivity index (χ2v) is 10.8. The van der Waals surface area contributed by atoms with Crippen molar-refractivity contribution >= 4 is 33.6 Å². The van der Waals surface area contributed by atoms with E-state index in [9.17, 15) is 9.90 Å². The number of fused-ring (bicyclic) bond motifs is 1. The van der Waals surface area contributed by atoms with Gasteiger partial charge < -0.3 is 9.52 Å². The lowest BCUT2D eigenvalue weighted by Gasteiger charge is -2.10. The monoisotopic (exact) mass is 508 g/mol. The normalized spacial score (nSPS) is 11.3. The summed E-state index contributed by atoms with van der Waals surface area (Å²) in [5, 5.41) is 12.6. The van der Waals surface area contributed by atoms with Crippen LogP contribution in [0.2, 0.25) is 0 Å². The maximum Gasteiger partial charge on any atom is 0.346 e. The van der Waals surface area contributed by atoms with Crippen LogP contribution in [0.25, 0.3) is 54.6 Å². The van der Waals surface area contributed by atoms with E-state index in [-0.39, 0.29) is 5.75 Å². The highest BCUT2D eigenvalue weighted by Crippen LogP contribution is 2.43.